The molecule has 0 unspecified atom stereocenters. The van der Waals surface area contributed by atoms with Crippen LogP contribution >= 0.6 is 0 Å². The zero-order valence-electron chi connectivity index (χ0n) is 11.5. The van der Waals surface area contributed by atoms with Crippen LogP contribution in [0, 0.1) is 10.8 Å². The highest BCUT2D eigenvalue weighted by molar-refractivity contribution is 6.60. The predicted octanol–water partition coefficient (Wildman–Crippen LogP) is 4.90. The molecule has 15 heavy (non-hydrogen) atoms. The summed E-state index contributed by atoms with van der Waals surface area (Å²) in [6.07, 6.45) is 7.88. The number of hydrogen-bond donors (Lipinski definition) is 0. The second-order valence-corrected chi connectivity index (χ2v) is 6.90. The van der Waals surface area contributed by atoms with Crippen LogP contribution in [0.2, 0.25) is 19.0 Å². The summed E-state index contributed by atoms with van der Waals surface area (Å²) in [5, 5.41) is 0. The molecule has 0 saturated carbocycles. The Labute approximate surface area is 96.6 Å². The lowest BCUT2D eigenvalue weighted by atomic mass is 9.44. The summed E-state index contributed by atoms with van der Waals surface area (Å²) >= 11 is 0. The maximum atomic E-state index is 2.44. The van der Waals surface area contributed by atoms with Crippen molar-refractivity contribution in [1.82, 2.24) is 0 Å². The maximum Gasteiger partial charge on any atom is 0.141 e. The Kier molecular flexibility index (Phi) is 3.74. The van der Waals surface area contributed by atoms with Gasteiger partial charge in [0.05, 0.1) is 0 Å². The van der Waals surface area contributed by atoms with Gasteiger partial charge in [-0.25, -0.2) is 0 Å². The van der Waals surface area contributed by atoms with Crippen LogP contribution in [0.15, 0.2) is 11.6 Å². The van der Waals surface area contributed by atoms with E-state index < -0.39 is 0 Å². The quantitative estimate of drug-likeness (QED) is 0.455. The molecule has 0 amide bonds. The molecule has 1 aliphatic heterocycles. The molecule has 0 N–H and O–H groups in total. The van der Waals surface area contributed by atoms with E-state index in [1.165, 1.54) is 31.0 Å². The van der Waals surface area contributed by atoms with Gasteiger partial charge in [0.25, 0.3) is 0 Å². The predicted molar refractivity (Wildman–Crippen MR) is 71.8 cm³/mol. The van der Waals surface area contributed by atoms with Crippen LogP contribution in [0.4, 0.5) is 0 Å². The molecular weight excluding hydrogens is 179 g/mol. The summed E-state index contributed by atoms with van der Waals surface area (Å²) in [4.78, 5) is 0. The molecule has 1 fully saturated rings. The topological polar surface area (TPSA) is 0 Å². The first-order valence-corrected chi connectivity index (χ1v) is 6.38. The third kappa shape index (κ3) is 3.13. The molecule has 0 aromatic rings. The van der Waals surface area contributed by atoms with Crippen molar-refractivity contribution >= 4 is 6.71 Å². The molecular formula is C14H27B. The molecule has 1 rings (SSSR count). The average molecular weight is 206 g/mol. The number of allylic oxidation sites excluding steroid dienone is 2. The first-order chi connectivity index (χ1) is 6.74. The number of rotatable bonds is 3. The third-order valence-electron chi connectivity index (χ3n) is 4.56. The van der Waals surface area contributed by atoms with Gasteiger partial charge in [-0.2, -0.15) is 0 Å². The van der Waals surface area contributed by atoms with Gasteiger partial charge in [-0.1, -0.05) is 58.3 Å². The summed E-state index contributed by atoms with van der Waals surface area (Å²) in [7, 11) is 0. The Bertz CT molecular complexity index is 228. The molecule has 0 aromatic carbocycles. The molecule has 0 radical (unpaired) electrons. The van der Waals surface area contributed by atoms with Gasteiger partial charge in [-0.05, 0) is 31.1 Å². The fourth-order valence-electron chi connectivity index (χ4n) is 2.88. The summed E-state index contributed by atoms with van der Waals surface area (Å²) in [5.41, 5.74) is 2.53. The maximum absolute atomic E-state index is 2.44. The largest absolute Gasteiger partial charge is 0.141 e. The highest BCUT2D eigenvalue weighted by Crippen LogP contribution is 2.53. The number of hydrogen-bond acceptors (Lipinski definition) is 0. The fourth-order valence-corrected chi connectivity index (χ4v) is 2.88. The van der Waals surface area contributed by atoms with Crippen LogP contribution in [0.25, 0.3) is 0 Å². The standard InChI is InChI=1S/C14H27B/c1-12(2)8-7-9-15-10-13(3,4)14(5,6)11-15/h8H,7,9-11H2,1-6H3. The molecule has 0 aromatic heterocycles. The molecule has 0 nitrogen and oxygen atoms in total. The SMILES string of the molecule is CC(C)=CCCB1CC(C)(C)C(C)(C)C1. The summed E-state index contributed by atoms with van der Waals surface area (Å²) in [5.74, 6) is 0. The Morgan fingerprint density at radius 3 is 1.93 bits per heavy atom. The summed E-state index contributed by atoms with van der Waals surface area (Å²) in [6, 6.07) is 0. The lowest BCUT2D eigenvalue weighted by Gasteiger charge is -2.35. The van der Waals surface area contributed by atoms with Gasteiger partial charge in [0.1, 0.15) is 6.71 Å². The minimum Gasteiger partial charge on any atom is -0.0866 e. The zero-order chi connectivity index (χ0) is 11.7. The van der Waals surface area contributed by atoms with E-state index in [1.807, 2.05) is 0 Å². The van der Waals surface area contributed by atoms with Crippen LogP contribution < -0.4 is 0 Å². The van der Waals surface area contributed by atoms with Crippen molar-refractivity contribution in [2.75, 3.05) is 0 Å². The van der Waals surface area contributed by atoms with Crippen LogP contribution in [0.3, 0.4) is 0 Å². The van der Waals surface area contributed by atoms with E-state index in [-0.39, 0.29) is 0 Å². The molecule has 1 aliphatic rings. The average Bonchev–Trinajstić information content (AvgIpc) is 2.19. The monoisotopic (exact) mass is 206 g/mol. The van der Waals surface area contributed by atoms with Crippen molar-refractivity contribution < 1.29 is 0 Å². The van der Waals surface area contributed by atoms with Crippen LogP contribution in [-0.4, -0.2) is 6.71 Å². The van der Waals surface area contributed by atoms with E-state index in [4.69, 9.17) is 0 Å². The molecule has 0 bridgehead atoms. The summed E-state index contributed by atoms with van der Waals surface area (Å²) in [6.45, 7) is 15.1. The van der Waals surface area contributed by atoms with E-state index in [2.05, 4.69) is 47.6 Å². The Morgan fingerprint density at radius 2 is 1.53 bits per heavy atom. The van der Waals surface area contributed by atoms with E-state index in [1.54, 1.807) is 0 Å². The van der Waals surface area contributed by atoms with Crippen LogP contribution in [0.1, 0.15) is 48.0 Å². The molecule has 1 heteroatoms. The Morgan fingerprint density at radius 1 is 1.07 bits per heavy atom. The molecule has 0 spiro atoms. The van der Waals surface area contributed by atoms with Crippen LogP contribution in [0.5, 0.6) is 0 Å². The highest BCUT2D eigenvalue weighted by Gasteiger charge is 2.46. The summed E-state index contributed by atoms with van der Waals surface area (Å²) < 4.78 is 0. The van der Waals surface area contributed by atoms with Crippen molar-refractivity contribution in [3.8, 4) is 0 Å². The first-order valence-electron chi connectivity index (χ1n) is 6.38. The Balaban J connectivity index is 2.46. The minimum atomic E-state index is 0.530. The van der Waals surface area contributed by atoms with Crippen LogP contribution in [-0.2, 0) is 0 Å². The van der Waals surface area contributed by atoms with Crippen molar-refractivity contribution in [3.63, 3.8) is 0 Å². The van der Waals surface area contributed by atoms with E-state index in [0.717, 1.165) is 6.71 Å². The van der Waals surface area contributed by atoms with Crippen molar-refractivity contribution in [3.05, 3.63) is 11.6 Å². The van der Waals surface area contributed by atoms with Crippen molar-refractivity contribution in [1.29, 1.82) is 0 Å². The van der Waals surface area contributed by atoms with E-state index >= 15 is 0 Å². The zero-order valence-corrected chi connectivity index (χ0v) is 11.5. The van der Waals surface area contributed by atoms with Gasteiger partial charge in [0.15, 0.2) is 0 Å². The fraction of sp³-hybridized carbons (Fsp3) is 0.857. The second kappa shape index (κ2) is 4.35. The van der Waals surface area contributed by atoms with Gasteiger partial charge >= 0.3 is 0 Å². The first kappa shape index (κ1) is 12.9. The van der Waals surface area contributed by atoms with Gasteiger partial charge in [0, 0.05) is 0 Å². The third-order valence-corrected chi connectivity index (χ3v) is 4.56. The molecule has 1 saturated heterocycles. The van der Waals surface area contributed by atoms with Gasteiger partial charge in [-0.15, -0.1) is 0 Å². The molecule has 0 aliphatic carbocycles. The lowest BCUT2D eigenvalue weighted by molar-refractivity contribution is 0.177. The van der Waals surface area contributed by atoms with Gasteiger partial charge in [-0.3, -0.25) is 0 Å². The minimum absolute atomic E-state index is 0.530. The van der Waals surface area contributed by atoms with E-state index in [0.29, 0.717) is 10.8 Å². The van der Waals surface area contributed by atoms with Gasteiger partial charge < -0.3 is 0 Å². The highest BCUT2D eigenvalue weighted by atomic mass is 14.4. The van der Waals surface area contributed by atoms with Crippen molar-refractivity contribution in [2.24, 2.45) is 10.8 Å². The molecule has 0 atom stereocenters. The molecule has 1 heterocycles. The Hall–Kier alpha value is -0.195. The lowest BCUT2D eigenvalue weighted by Crippen LogP contribution is -2.24. The van der Waals surface area contributed by atoms with E-state index in [9.17, 15) is 0 Å². The molecule has 86 valence electrons. The van der Waals surface area contributed by atoms with Gasteiger partial charge in [0.2, 0.25) is 0 Å². The smallest absolute Gasteiger partial charge is 0.0866 e. The normalized spacial score (nSPS) is 22.9. The van der Waals surface area contributed by atoms with Crippen molar-refractivity contribution in [2.45, 2.75) is 66.9 Å². The second-order valence-electron chi connectivity index (χ2n) is 6.90.